The highest BCUT2D eigenvalue weighted by Gasteiger charge is 1.91. The first-order valence-electron chi connectivity index (χ1n) is 4.25. The van der Waals surface area contributed by atoms with E-state index in [2.05, 4.69) is 9.99 Å². The molecule has 3 nitrogen and oxygen atoms in total. The lowest BCUT2D eigenvalue weighted by Crippen LogP contribution is -1.96. The van der Waals surface area contributed by atoms with Crippen LogP contribution in [0.15, 0.2) is 41.6 Å². The maximum Gasteiger partial charge on any atom is 0.249 e. The van der Waals surface area contributed by atoms with E-state index in [4.69, 9.17) is 4.74 Å². The van der Waals surface area contributed by atoms with Gasteiger partial charge >= 0.3 is 0 Å². The lowest BCUT2D eigenvalue weighted by molar-refractivity contribution is 0.200. The van der Waals surface area contributed by atoms with Crippen LogP contribution in [0.2, 0.25) is 0 Å². The molecule has 1 aromatic carbocycles. The smallest absolute Gasteiger partial charge is 0.249 e. The van der Waals surface area contributed by atoms with Crippen molar-refractivity contribution in [2.75, 3.05) is 14.2 Å². The van der Waals surface area contributed by atoms with Crippen LogP contribution in [0.5, 0.6) is 0 Å². The van der Waals surface area contributed by atoms with E-state index in [1.54, 1.807) is 13.2 Å². The minimum atomic E-state index is 0.441. The third-order valence-electron chi connectivity index (χ3n) is 1.61. The number of ether oxygens (including phenoxy) is 1. The van der Waals surface area contributed by atoms with Gasteiger partial charge in [-0.15, -0.1) is 0 Å². The first-order chi connectivity index (χ1) is 6.86. The zero-order valence-electron chi connectivity index (χ0n) is 8.31. The summed E-state index contributed by atoms with van der Waals surface area (Å²) in [6, 6.07) is 9.91. The molecular formula is C11H13NO2. The largest absolute Gasteiger partial charge is 0.479 e. The summed E-state index contributed by atoms with van der Waals surface area (Å²) < 4.78 is 4.95. The number of hydrogen-bond acceptors (Lipinski definition) is 3. The first-order valence-corrected chi connectivity index (χ1v) is 4.25. The van der Waals surface area contributed by atoms with E-state index in [0.717, 1.165) is 5.56 Å². The molecule has 0 fully saturated rings. The van der Waals surface area contributed by atoms with Gasteiger partial charge in [-0.1, -0.05) is 30.3 Å². The molecule has 0 N–H and O–H groups in total. The molecule has 0 saturated heterocycles. The lowest BCUT2D eigenvalue weighted by Gasteiger charge is -1.97. The highest BCUT2D eigenvalue weighted by Crippen LogP contribution is 2.01. The fourth-order valence-corrected chi connectivity index (χ4v) is 0.957. The molecule has 0 aromatic heterocycles. The summed E-state index contributed by atoms with van der Waals surface area (Å²) in [4.78, 5) is 4.59. The summed E-state index contributed by atoms with van der Waals surface area (Å²) in [6.07, 6.45) is 3.65. The predicted molar refractivity (Wildman–Crippen MR) is 56.9 cm³/mol. The molecule has 0 atom stereocenters. The van der Waals surface area contributed by atoms with E-state index in [1.807, 2.05) is 36.4 Å². The minimum absolute atomic E-state index is 0.441. The van der Waals surface area contributed by atoms with Crippen molar-refractivity contribution >= 4 is 12.0 Å². The van der Waals surface area contributed by atoms with Crippen molar-refractivity contribution < 1.29 is 9.57 Å². The Balaban J connectivity index is 2.68. The van der Waals surface area contributed by atoms with Crippen molar-refractivity contribution in [1.29, 1.82) is 0 Å². The molecule has 0 amide bonds. The summed E-state index contributed by atoms with van der Waals surface area (Å²) in [6.45, 7) is 0. The highest BCUT2D eigenvalue weighted by atomic mass is 16.6. The van der Waals surface area contributed by atoms with Gasteiger partial charge in [0.2, 0.25) is 5.90 Å². The molecule has 0 heterocycles. The molecule has 3 heteroatoms. The molecule has 0 unspecified atom stereocenters. The number of benzene rings is 1. The maximum absolute atomic E-state index is 4.95. The molecule has 0 aliphatic carbocycles. The number of methoxy groups -OCH3 is 1. The van der Waals surface area contributed by atoms with E-state index < -0.39 is 0 Å². The maximum atomic E-state index is 4.95. The molecule has 0 bridgehead atoms. The molecule has 0 aliphatic rings. The van der Waals surface area contributed by atoms with E-state index >= 15 is 0 Å². The Kier molecular flexibility index (Phi) is 4.27. The van der Waals surface area contributed by atoms with Crippen LogP contribution < -0.4 is 0 Å². The average Bonchev–Trinajstić information content (AvgIpc) is 2.25. The SMILES string of the molecule is CO/N=C(\C=C\c1ccccc1)OC. The van der Waals surface area contributed by atoms with E-state index in [0.29, 0.717) is 5.90 Å². The van der Waals surface area contributed by atoms with Crippen LogP contribution in [0, 0.1) is 0 Å². The summed E-state index contributed by atoms with van der Waals surface area (Å²) in [5.41, 5.74) is 1.09. The van der Waals surface area contributed by atoms with Crippen molar-refractivity contribution in [2.24, 2.45) is 5.16 Å². The lowest BCUT2D eigenvalue weighted by atomic mass is 10.2. The van der Waals surface area contributed by atoms with Gasteiger partial charge in [0.1, 0.15) is 7.11 Å². The molecule has 74 valence electrons. The van der Waals surface area contributed by atoms with Gasteiger partial charge in [-0.3, -0.25) is 0 Å². The molecule has 0 radical (unpaired) electrons. The molecule has 0 spiro atoms. The first kappa shape index (κ1) is 10.3. The topological polar surface area (TPSA) is 30.8 Å². The normalized spacial score (nSPS) is 11.7. The van der Waals surface area contributed by atoms with E-state index in [9.17, 15) is 0 Å². The van der Waals surface area contributed by atoms with Gasteiger partial charge in [-0.2, -0.15) is 0 Å². The minimum Gasteiger partial charge on any atom is -0.479 e. The fraction of sp³-hybridized carbons (Fsp3) is 0.182. The van der Waals surface area contributed by atoms with Gasteiger partial charge in [0.05, 0.1) is 7.11 Å². The standard InChI is InChI=1S/C11H13NO2/c1-13-11(12-14-2)9-8-10-6-4-3-5-7-10/h3-9H,1-2H3/b9-8+,12-11+. The van der Waals surface area contributed by atoms with Crippen molar-refractivity contribution in [1.82, 2.24) is 0 Å². The molecule has 0 aliphatic heterocycles. The molecular weight excluding hydrogens is 178 g/mol. The predicted octanol–water partition coefficient (Wildman–Crippen LogP) is 2.31. The Morgan fingerprint density at radius 1 is 1.21 bits per heavy atom. The second-order valence-electron chi connectivity index (χ2n) is 2.56. The summed E-state index contributed by atoms with van der Waals surface area (Å²) >= 11 is 0. The number of oxime groups is 1. The monoisotopic (exact) mass is 191 g/mol. The van der Waals surface area contributed by atoms with Gasteiger partial charge in [0.25, 0.3) is 0 Å². The van der Waals surface area contributed by atoms with Gasteiger partial charge in [-0.05, 0) is 16.8 Å². The zero-order chi connectivity index (χ0) is 10.2. The molecule has 1 rings (SSSR count). The van der Waals surface area contributed by atoms with Crippen LogP contribution >= 0.6 is 0 Å². The zero-order valence-corrected chi connectivity index (χ0v) is 8.31. The van der Waals surface area contributed by atoms with Gasteiger partial charge in [0.15, 0.2) is 0 Å². The Bertz CT molecular complexity index is 317. The van der Waals surface area contributed by atoms with Crippen molar-refractivity contribution in [3.63, 3.8) is 0 Å². The fourth-order valence-electron chi connectivity index (χ4n) is 0.957. The van der Waals surface area contributed by atoms with E-state index in [1.165, 1.54) is 7.11 Å². The Hall–Kier alpha value is -1.77. The molecule has 0 saturated carbocycles. The summed E-state index contributed by atoms with van der Waals surface area (Å²) in [5.74, 6) is 0.441. The second kappa shape index (κ2) is 5.80. The van der Waals surface area contributed by atoms with Gasteiger partial charge < -0.3 is 9.57 Å². The quantitative estimate of drug-likeness (QED) is 0.417. The number of hydrogen-bond donors (Lipinski definition) is 0. The van der Waals surface area contributed by atoms with Crippen LogP contribution in [0.25, 0.3) is 6.08 Å². The Morgan fingerprint density at radius 2 is 1.93 bits per heavy atom. The summed E-state index contributed by atoms with van der Waals surface area (Å²) in [5, 5.41) is 3.67. The molecule has 14 heavy (non-hydrogen) atoms. The van der Waals surface area contributed by atoms with Crippen molar-refractivity contribution in [2.45, 2.75) is 0 Å². The Morgan fingerprint density at radius 3 is 2.50 bits per heavy atom. The van der Waals surface area contributed by atoms with Crippen LogP contribution in [0.1, 0.15) is 5.56 Å². The second-order valence-corrected chi connectivity index (χ2v) is 2.56. The number of rotatable bonds is 3. The highest BCUT2D eigenvalue weighted by molar-refractivity contribution is 5.91. The number of nitrogens with zero attached hydrogens (tertiary/aromatic N) is 1. The van der Waals surface area contributed by atoms with Crippen molar-refractivity contribution in [3.8, 4) is 0 Å². The van der Waals surface area contributed by atoms with Crippen LogP contribution in [-0.4, -0.2) is 20.1 Å². The van der Waals surface area contributed by atoms with Crippen LogP contribution in [-0.2, 0) is 9.57 Å². The van der Waals surface area contributed by atoms with Crippen molar-refractivity contribution in [3.05, 3.63) is 42.0 Å². The van der Waals surface area contributed by atoms with E-state index in [-0.39, 0.29) is 0 Å². The van der Waals surface area contributed by atoms with Gasteiger partial charge in [0, 0.05) is 6.08 Å². The van der Waals surface area contributed by atoms with Gasteiger partial charge in [-0.25, -0.2) is 0 Å². The average molecular weight is 191 g/mol. The molecule has 1 aromatic rings. The van der Waals surface area contributed by atoms with Crippen LogP contribution in [0.3, 0.4) is 0 Å². The summed E-state index contributed by atoms with van der Waals surface area (Å²) in [7, 11) is 3.03. The third kappa shape index (κ3) is 3.31. The Labute approximate surface area is 83.6 Å². The van der Waals surface area contributed by atoms with Crippen LogP contribution in [0.4, 0.5) is 0 Å². The third-order valence-corrected chi connectivity index (χ3v) is 1.61.